The first-order valence-corrected chi connectivity index (χ1v) is 10.0. The summed E-state index contributed by atoms with van der Waals surface area (Å²) in [6.45, 7) is 3.83. The number of fused-ring (bicyclic) bond motifs is 1. The highest BCUT2D eigenvalue weighted by Gasteiger charge is 2.48. The van der Waals surface area contributed by atoms with Crippen LogP contribution in [0.1, 0.15) is 57.8 Å². The molecule has 25 heavy (non-hydrogen) atoms. The zero-order chi connectivity index (χ0) is 17.6. The van der Waals surface area contributed by atoms with Crippen molar-refractivity contribution >= 4 is 17.7 Å². The van der Waals surface area contributed by atoms with E-state index in [1.165, 1.54) is 30.6 Å². The molecule has 6 heteroatoms. The molecule has 1 aliphatic carbocycles. The van der Waals surface area contributed by atoms with Gasteiger partial charge in [0, 0.05) is 6.54 Å². The van der Waals surface area contributed by atoms with Crippen LogP contribution in [-0.4, -0.2) is 60.2 Å². The average Bonchev–Trinajstić information content (AvgIpc) is 2.81. The standard InChI is InChI=1S/C19H31N3O3/c23-17(20-10-7-13-21-11-5-1-2-6-12-21)14-22-18(24)15-8-3-4-9-16(15)19(22)25/h15-16H,1-14H2,(H,20,23). The maximum Gasteiger partial charge on any atom is 0.240 e. The molecule has 140 valence electrons. The molecule has 0 aromatic heterocycles. The van der Waals surface area contributed by atoms with Gasteiger partial charge in [-0.1, -0.05) is 25.7 Å². The third-order valence-electron chi connectivity index (χ3n) is 5.91. The zero-order valence-electron chi connectivity index (χ0n) is 15.2. The number of imide groups is 1. The number of hydrogen-bond acceptors (Lipinski definition) is 4. The van der Waals surface area contributed by atoms with E-state index in [1.54, 1.807) is 0 Å². The van der Waals surface area contributed by atoms with Gasteiger partial charge in [-0.2, -0.15) is 0 Å². The molecule has 2 unspecified atom stereocenters. The minimum Gasteiger partial charge on any atom is -0.354 e. The van der Waals surface area contributed by atoms with Gasteiger partial charge in [-0.15, -0.1) is 0 Å². The highest BCUT2D eigenvalue weighted by Crippen LogP contribution is 2.37. The highest BCUT2D eigenvalue weighted by atomic mass is 16.2. The van der Waals surface area contributed by atoms with E-state index >= 15 is 0 Å². The Morgan fingerprint density at radius 2 is 1.52 bits per heavy atom. The number of amides is 3. The molecule has 3 fully saturated rings. The summed E-state index contributed by atoms with van der Waals surface area (Å²) in [5.74, 6) is -0.811. The van der Waals surface area contributed by atoms with E-state index in [9.17, 15) is 14.4 Å². The van der Waals surface area contributed by atoms with Crippen molar-refractivity contribution in [3.63, 3.8) is 0 Å². The molecule has 0 aromatic carbocycles. The van der Waals surface area contributed by atoms with Gasteiger partial charge in [-0.05, 0) is 51.7 Å². The summed E-state index contributed by atoms with van der Waals surface area (Å²) in [6.07, 6.45) is 9.72. The normalized spacial score (nSPS) is 27.9. The summed E-state index contributed by atoms with van der Waals surface area (Å²) >= 11 is 0. The first kappa shape index (κ1) is 18.4. The molecule has 2 saturated heterocycles. The van der Waals surface area contributed by atoms with Gasteiger partial charge in [0.2, 0.25) is 17.7 Å². The van der Waals surface area contributed by atoms with E-state index in [4.69, 9.17) is 0 Å². The van der Waals surface area contributed by atoms with Crippen LogP contribution in [0.3, 0.4) is 0 Å². The summed E-state index contributed by atoms with van der Waals surface area (Å²) in [5.41, 5.74) is 0. The Morgan fingerprint density at radius 3 is 2.12 bits per heavy atom. The fourth-order valence-corrected chi connectivity index (χ4v) is 4.48. The second-order valence-electron chi connectivity index (χ2n) is 7.72. The largest absolute Gasteiger partial charge is 0.354 e. The third kappa shape index (κ3) is 4.60. The average molecular weight is 349 g/mol. The van der Waals surface area contributed by atoms with E-state index in [2.05, 4.69) is 10.2 Å². The lowest BCUT2D eigenvalue weighted by Crippen LogP contribution is -2.41. The maximum absolute atomic E-state index is 12.4. The van der Waals surface area contributed by atoms with E-state index in [0.717, 1.165) is 51.7 Å². The Hall–Kier alpha value is -1.43. The van der Waals surface area contributed by atoms with Crippen molar-refractivity contribution in [2.24, 2.45) is 11.8 Å². The van der Waals surface area contributed by atoms with Crippen molar-refractivity contribution < 1.29 is 14.4 Å². The minimum atomic E-state index is -0.212. The molecule has 0 radical (unpaired) electrons. The van der Waals surface area contributed by atoms with Gasteiger partial charge in [0.15, 0.2) is 0 Å². The van der Waals surface area contributed by atoms with Gasteiger partial charge in [-0.25, -0.2) is 0 Å². The number of rotatable bonds is 6. The molecule has 0 aromatic rings. The molecular weight excluding hydrogens is 318 g/mol. The fraction of sp³-hybridized carbons (Fsp3) is 0.842. The van der Waals surface area contributed by atoms with Crippen molar-refractivity contribution in [3.05, 3.63) is 0 Å². The Labute approximate surface area is 150 Å². The van der Waals surface area contributed by atoms with Crippen LogP contribution >= 0.6 is 0 Å². The minimum absolute atomic E-state index is 0.103. The van der Waals surface area contributed by atoms with E-state index in [1.807, 2.05) is 0 Å². The lowest BCUT2D eigenvalue weighted by molar-refractivity contribution is -0.143. The Balaban J connectivity index is 1.37. The van der Waals surface area contributed by atoms with Gasteiger partial charge >= 0.3 is 0 Å². The number of nitrogens with one attached hydrogen (secondary N) is 1. The molecule has 2 heterocycles. The first-order chi connectivity index (χ1) is 12.2. The van der Waals surface area contributed by atoms with Crippen LogP contribution in [0, 0.1) is 11.8 Å². The third-order valence-corrected chi connectivity index (χ3v) is 5.91. The number of carbonyl (C=O) groups excluding carboxylic acids is 3. The van der Waals surface area contributed by atoms with Gasteiger partial charge in [0.1, 0.15) is 6.54 Å². The Kier molecular flexibility index (Phi) is 6.45. The summed E-state index contributed by atoms with van der Waals surface area (Å²) in [4.78, 5) is 40.5. The second-order valence-corrected chi connectivity index (χ2v) is 7.72. The lowest BCUT2D eigenvalue weighted by atomic mass is 9.81. The predicted octanol–water partition coefficient (Wildman–Crippen LogP) is 1.54. The van der Waals surface area contributed by atoms with E-state index in [-0.39, 0.29) is 36.1 Å². The Bertz CT molecular complexity index is 476. The molecule has 1 N–H and O–H groups in total. The van der Waals surface area contributed by atoms with Crippen molar-refractivity contribution in [2.45, 2.75) is 57.8 Å². The molecule has 3 aliphatic rings. The van der Waals surface area contributed by atoms with Crippen molar-refractivity contribution in [1.82, 2.24) is 15.1 Å². The lowest BCUT2D eigenvalue weighted by Gasteiger charge is -2.20. The monoisotopic (exact) mass is 349 g/mol. The summed E-state index contributed by atoms with van der Waals surface area (Å²) in [7, 11) is 0. The van der Waals surface area contributed by atoms with Crippen LogP contribution in [0.2, 0.25) is 0 Å². The summed E-state index contributed by atoms with van der Waals surface area (Å²) in [5, 5.41) is 2.88. The fourth-order valence-electron chi connectivity index (χ4n) is 4.48. The molecule has 1 saturated carbocycles. The second kappa shape index (κ2) is 8.79. The molecule has 6 nitrogen and oxygen atoms in total. The molecule has 2 aliphatic heterocycles. The number of nitrogens with zero attached hydrogens (tertiary/aromatic N) is 2. The maximum atomic E-state index is 12.4. The van der Waals surface area contributed by atoms with Crippen molar-refractivity contribution in [1.29, 1.82) is 0 Å². The van der Waals surface area contributed by atoms with Crippen LogP contribution in [0.5, 0.6) is 0 Å². The van der Waals surface area contributed by atoms with E-state index in [0.29, 0.717) is 6.54 Å². The van der Waals surface area contributed by atoms with Crippen LogP contribution in [0.25, 0.3) is 0 Å². The number of hydrogen-bond donors (Lipinski definition) is 1. The van der Waals surface area contributed by atoms with E-state index < -0.39 is 0 Å². The summed E-state index contributed by atoms with van der Waals surface area (Å²) in [6, 6.07) is 0. The number of carbonyl (C=O) groups is 3. The quantitative estimate of drug-likeness (QED) is 0.583. The Morgan fingerprint density at radius 1 is 0.920 bits per heavy atom. The SMILES string of the molecule is O=C(CN1C(=O)C2CCCCC2C1=O)NCCCN1CCCCCC1. The molecule has 3 amide bonds. The predicted molar refractivity (Wildman–Crippen MR) is 94.7 cm³/mol. The highest BCUT2D eigenvalue weighted by molar-refractivity contribution is 6.07. The molecular formula is C19H31N3O3. The molecule has 0 bridgehead atoms. The molecule has 3 rings (SSSR count). The van der Waals surface area contributed by atoms with Gasteiger partial charge in [0.25, 0.3) is 0 Å². The van der Waals surface area contributed by atoms with Crippen LogP contribution in [0.4, 0.5) is 0 Å². The van der Waals surface area contributed by atoms with Gasteiger partial charge < -0.3 is 10.2 Å². The zero-order valence-corrected chi connectivity index (χ0v) is 15.2. The smallest absolute Gasteiger partial charge is 0.240 e. The van der Waals surface area contributed by atoms with Crippen molar-refractivity contribution in [2.75, 3.05) is 32.7 Å². The topological polar surface area (TPSA) is 69.7 Å². The van der Waals surface area contributed by atoms with Crippen LogP contribution in [-0.2, 0) is 14.4 Å². The number of likely N-dealkylation sites (tertiary alicyclic amines) is 2. The van der Waals surface area contributed by atoms with Gasteiger partial charge in [-0.3, -0.25) is 19.3 Å². The van der Waals surface area contributed by atoms with Crippen LogP contribution in [0.15, 0.2) is 0 Å². The molecule has 2 atom stereocenters. The molecule has 0 spiro atoms. The first-order valence-electron chi connectivity index (χ1n) is 10.0. The van der Waals surface area contributed by atoms with Gasteiger partial charge in [0.05, 0.1) is 11.8 Å². The van der Waals surface area contributed by atoms with Crippen molar-refractivity contribution in [3.8, 4) is 0 Å². The van der Waals surface area contributed by atoms with Crippen LogP contribution < -0.4 is 5.32 Å². The summed E-state index contributed by atoms with van der Waals surface area (Å²) < 4.78 is 0.